The summed E-state index contributed by atoms with van der Waals surface area (Å²) in [4.78, 5) is 15.7. The number of hydrogen-bond donors (Lipinski definition) is 1. The number of rotatable bonds is 5. The van der Waals surface area contributed by atoms with Crippen LogP contribution in [-0.2, 0) is 6.18 Å². The zero-order chi connectivity index (χ0) is 23.6. The Morgan fingerprint density at radius 3 is 2.33 bits per heavy atom. The average molecular weight is 476 g/mol. The van der Waals surface area contributed by atoms with Gasteiger partial charge in [-0.05, 0) is 31.0 Å². The van der Waals surface area contributed by atoms with E-state index in [1.54, 1.807) is 18.5 Å². The third kappa shape index (κ3) is 5.45. The molecule has 0 radical (unpaired) electrons. The highest BCUT2D eigenvalue weighted by atomic mass is 35.5. The molecule has 1 fully saturated rings. The normalized spacial score (nSPS) is 15.3. The van der Waals surface area contributed by atoms with E-state index >= 15 is 0 Å². The van der Waals surface area contributed by atoms with E-state index in [1.807, 2.05) is 0 Å². The van der Waals surface area contributed by atoms with Crippen LogP contribution >= 0.6 is 11.6 Å². The summed E-state index contributed by atoms with van der Waals surface area (Å²) < 4.78 is 39.0. The first-order chi connectivity index (χ1) is 15.7. The van der Waals surface area contributed by atoms with E-state index < -0.39 is 11.7 Å². The van der Waals surface area contributed by atoms with Gasteiger partial charge in [-0.15, -0.1) is 0 Å². The lowest BCUT2D eigenvalue weighted by atomic mass is 10.0. The van der Waals surface area contributed by atoms with Crippen molar-refractivity contribution in [1.82, 2.24) is 20.3 Å². The number of benzene rings is 1. The number of pyridine rings is 1. The van der Waals surface area contributed by atoms with E-state index in [2.05, 4.69) is 34.0 Å². The second-order valence-corrected chi connectivity index (χ2v) is 8.85. The van der Waals surface area contributed by atoms with Crippen molar-refractivity contribution in [3.8, 4) is 22.5 Å². The Morgan fingerprint density at radius 2 is 1.73 bits per heavy atom. The molecular weight excluding hydrogens is 451 g/mol. The Bertz CT molecular complexity index is 1090. The molecule has 5 nitrogen and oxygen atoms in total. The van der Waals surface area contributed by atoms with Gasteiger partial charge in [0.1, 0.15) is 11.5 Å². The van der Waals surface area contributed by atoms with Gasteiger partial charge < -0.3 is 10.2 Å². The summed E-state index contributed by atoms with van der Waals surface area (Å²) in [7, 11) is 0. The molecule has 1 saturated heterocycles. The van der Waals surface area contributed by atoms with Crippen molar-refractivity contribution < 1.29 is 13.2 Å². The van der Waals surface area contributed by atoms with Crippen LogP contribution in [0.25, 0.3) is 22.5 Å². The molecule has 1 aliphatic rings. The van der Waals surface area contributed by atoms with Gasteiger partial charge in [0.15, 0.2) is 0 Å². The van der Waals surface area contributed by atoms with E-state index in [0.29, 0.717) is 39.6 Å². The van der Waals surface area contributed by atoms with Gasteiger partial charge in [-0.3, -0.25) is 9.97 Å². The van der Waals surface area contributed by atoms with E-state index in [4.69, 9.17) is 16.6 Å². The predicted molar refractivity (Wildman–Crippen MR) is 124 cm³/mol. The van der Waals surface area contributed by atoms with Gasteiger partial charge >= 0.3 is 6.18 Å². The van der Waals surface area contributed by atoms with Crippen LogP contribution in [0.1, 0.15) is 32.3 Å². The fraction of sp³-hybridized carbons (Fsp3) is 0.375. The molecule has 3 heterocycles. The molecule has 0 atom stereocenters. The second-order valence-electron chi connectivity index (χ2n) is 8.44. The Hall–Kier alpha value is -2.71. The van der Waals surface area contributed by atoms with Gasteiger partial charge in [0.25, 0.3) is 0 Å². The molecule has 1 aromatic carbocycles. The lowest BCUT2D eigenvalue weighted by Gasteiger charge is -2.34. The summed E-state index contributed by atoms with van der Waals surface area (Å²) in [5.41, 5.74) is 1.44. The highest BCUT2D eigenvalue weighted by Gasteiger charge is 2.30. The van der Waals surface area contributed by atoms with Gasteiger partial charge in [-0.25, -0.2) is 4.98 Å². The third-order valence-electron chi connectivity index (χ3n) is 5.66. The summed E-state index contributed by atoms with van der Waals surface area (Å²) in [6, 6.07) is 7.56. The predicted octanol–water partition coefficient (Wildman–Crippen LogP) is 5.84. The average Bonchev–Trinajstić information content (AvgIpc) is 2.79. The molecule has 0 saturated carbocycles. The minimum Gasteiger partial charge on any atom is -0.355 e. The second kappa shape index (κ2) is 9.65. The zero-order valence-electron chi connectivity index (χ0n) is 18.4. The van der Waals surface area contributed by atoms with Crippen LogP contribution in [-0.4, -0.2) is 40.1 Å². The smallest absolute Gasteiger partial charge is 0.355 e. The highest BCUT2D eigenvalue weighted by Crippen LogP contribution is 2.36. The molecule has 174 valence electrons. The Kier molecular flexibility index (Phi) is 6.86. The minimum atomic E-state index is -4.40. The van der Waals surface area contributed by atoms with Crippen LogP contribution in [0, 0.1) is 0 Å². The van der Waals surface area contributed by atoms with E-state index in [0.717, 1.165) is 43.9 Å². The van der Waals surface area contributed by atoms with Crippen molar-refractivity contribution in [3.63, 3.8) is 0 Å². The van der Waals surface area contributed by atoms with Crippen LogP contribution in [0.4, 0.5) is 19.0 Å². The SMILES string of the molecule is CC(C)NC1CCN(c2cnc(-c3ccc(C(F)(F)F)cc3)c(-c3ccncc3Cl)n2)CC1. The maximum atomic E-state index is 13.0. The zero-order valence-corrected chi connectivity index (χ0v) is 19.2. The fourth-order valence-corrected chi connectivity index (χ4v) is 4.27. The van der Waals surface area contributed by atoms with E-state index in [9.17, 15) is 13.2 Å². The largest absolute Gasteiger partial charge is 0.416 e. The summed E-state index contributed by atoms with van der Waals surface area (Å²) in [6.07, 6.45) is 2.39. The summed E-state index contributed by atoms with van der Waals surface area (Å²) >= 11 is 6.41. The van der Waals surface area contributed by atoms with Crippen LogP contribution < -0.4 is 10.2 Å². The Balaban J connectivity index is 1.69. The van der Waals surface area contributed by atoms with Crippen molar-refractivity contribution in [2.24, 2.45) is 0 Å². The third-order valence-corrected chi connectivity index (χ3v) is 5.96. The molecule has 0 spiro atoms. The van der Waals surface area contributed by atoms with Crippen LogP contribution in [0.5, 0.6) is 0 Å². The molecule has 1 N–H and O–H groups in total. The van der Waals surface area contributed by atoms with Crippen LogP contribution in [0.2, 0.25) is 5.02 Å². The van der Waals surface area contributed by atoms with Gasteiger partial charge in [0, 0.05) is 48.7 Å². The first-order valence-electron chi connectivity index (χ1n) is 10.9. The molecular formula is C24H25ClF3N5. The number of nitrogens with zero attached hydrogens (tertiary/aromatic N) is 4. The summed E-state index contributed by atoms with van der Waals surface area (Å²) in [5, 5.41) is 3.98. The monoisotopic (exact) mass is 475 g/mol. The molecule has 4 rings (SSSR count). The number of nitrogens with one attached hydrogen (secondary N) is 1. The minimum absolute atomic E-state index is 0.400. The van der Waals surface area contributed by atoms with Crippen LogP contribution in [0.3, 0.4) is 0 Å². The molecule has 2 aromatic heterocycles. The quantitative estimate of drug-likeness (QED) is 0.502. The number of piperidine rings is 1. The van der Waals surface area contributed by atoms with Crippen molar-refractivity contribution in [1.29, 1.82) is 0 Å². The molecule has 3 aromatic rings. The molecule has 1 aliphatic heterocycles. The van der Waals surface area contributed by atoms with Crippen LogP contribution in [0.15, 0.2) is 48.9 Å². The van der Waals surface area contributed by atoms with Gasteiger partial charge in [0.2, 0.25) is 0 Å². The molecule has 33 heavy (non-hydrogen) atoms. The van der Waals surface area contributed by atoms with E-state index in [-0.39, 0.29) is 0 Å². The maximum Gasteiger partial charge on any atom is 0.416 e. The molecule has 0 unspecified atom stereocenters. The molecule has 9 heteroatoms. The molecule has 0 aliphatic carbocycles. The number of anilines is 1. The lowest BCUT2D eigenvalue weighted by Crippen LogP contribution is -2.45. The number of hydrogen-bond acceptors (Lipinski definition) is 5. The number of aromatic nitrogens is 3. The van der Waals surface area contributed by atoms with Gasteiger partial charge in [-0.2, -0.15) is 13.2 Å². The topological polar surface area (TPSA) is 53.9 Å². The van der Waals surface area contributed by atoms with Crippen molar-refractivity contribution in [2.75, 3.05) is 18.0 Å². The standard InChI is InChI=1S/C24H25ClF3N5/c1-15(2)31-18-8-11-33(12-9-18)21-14-30-22(16-3-5-17(6-4-16)24(26,27)28)23(32-21)19-7-10-29-13-20(19)25/h3-7,10,13-15,18,31H,8-9,11-12H2,1-2H3. The van der Waals surface area contributed by atoms with Gasteiger partial charge in [0.05, 0.1) is 22.5 Å². The van der Waals surface area contributed by atoms with Gasteiger partial charge in [-0.1, -0.05) is 37.6 Å². The highest BCUT2D eigenvalue weighted by molar-refractivity contribution is 6.33. The Morgan fingerprint density at radius 1 is 1.03 bits per heavy atom. The summed E-state index contributed by atoms with van der Waals surface area (Å²) in [6.45, 7) is 5.95. The fourth-order valence-electron chi connectivity index (χ4n) is 4.06. The van der Waals surface area contributed by atoms with Crippen molar-refractivity contribution >= 4 is 17.4 Å². The van der Waals surface area contributed by atoms with E-state index in [1.165, 1.54) is 18.3 Å². The van der Waals surface area contributed by atoms with Crippen molar-refractivity contribution in [3.05, 3.63) is 59.5 Å². The maximum absolute atomic E-state index is 13.0. The molecule has 0 amide bonds. The first kappa shape index (κ1) is 23.4. The number of alkyl halides is 3. The molecule has 0 bridgehead atoms. The lowest BCUT2D eigenvalue weighted by molar-refractivity contribution is -0.137. The Labute approximate surface area is 196 Å². The first-order valence-corrected chi connectivity index (χ1v) is 11.3. The van der Waals surface area contributed by atoms with Crippen molar-refractivity contribution in [2.45, 2.75) is 44.9 Å². The number of halogens is 4. The summed E-state index contributed by atoms with van der Waals surface area (Å²) in [5.74, 6) is 0.719.